The van der Waals surface area contributed by atoms with Crippen molar-refractivity contribution in [2.75, 3.05) is 18.8 Å². The second-order valence-corrected chi connectivity index (χ2v) is 5.19. The Kier molecular flexibility index (Phi) is 2.59. The summed E-state index contributed by atoms with van der Waals surface area (Å²) in [6, 6.07) is 2.75. The quantitative estimate of drug-likeness (QED) is 0.833. The topological polar surface area (TPSA) is 47.1 Å². The minimum atomic E-state index is 0.625. The normalized spacial score (nSPS) is 29.0. The van der Waals surface area contributed by atoms with E-state index in [2.05, 4.69) is 10.00 Å². The molecule has 4 heteroatoms. The fourth-order valence-electron chi connectivity index (χ4n) is 3.24. The van der Waals surface area contributed by atoms with Gasteiger partial charge in [0.15, 0.2) is 0 Å². The fraction of sp³-hybridized carbons (Fsp3) is 0.750. The summed E-state index contributed by atoms with van der Waals surface area (Å²) in [5, 5.41) is 4.20. The number of fused-ring (bicyclic) bond motifs is 2. The molecule has 2 heterocycles. The Morgan fingerprint density at radius 2 is 2.31 bits per heavy atom. The average Bonchev–Trinajstić information content (AvgIpc) is 2.94. The highest BCUT2D eigenvalue weighted by molar-refractivity contribution is 5.23. The molecule has 2 N–H and O–H groups in total. The number of rotatable bonds is 4. The van der Waals surface area contributed by atoms with E-state index < -0.39 is 0 Å². The summed E-state index contributed by atoms with van der Waals surface area (Å²) < 4.78 is 1.95. The minimum Gasteiger partial charge on any atom is -0.382 e. The number of nitrogens with zero attached hydrogens (tertiary/aromatic N) is 3. The number of likely N-dealkylation sites (tertiary alicyclic amines) is 1. The second-order valence-electron chi connectivity index (χ2n) is 5.19. The molecule has 2 aliphatic rings. The van der Waals surface area contributed by atoms with E-state index in [0.717, 1.165) is 18.5 Å². The zero-order chi connectivity index (χ0) is 11.0. The van der Waals surface area contributed by atoms with Crippen LogP contribution in [0.25, 0.3) is 0 Å². The van der Waals surface area contributed by atoms with Crippen molar-refractivity contribution in [3.63, 3.8) is 0 Å². The van der Waals surface area contributed by atoms with Crippen LogP contribution in [-0.2, 0) is 6.54 Å². The minimum absolute atomic E-state index is 0.625. The Morgan fingerprint density at radius 3 is 2.94 bits per heavy atom. The van der Waals surface area contributed by atoms with Crippen molar-refractivity contribution in [2.45, 2.75) is 38.3 Å². The molecule has 3 rings (SSSR count). The molecule has 0 aromatic carbocycles. The lowest BCUT2D eigenvalue weighted by molar-refractivity contribution is 0.207. The first kappa shape index (κ1) is 10.1. The van der Waals surface area contributed by atoms with Crippen LogP contribution in [0.5, 0.6) is 0 Å². The predicted molar refractivity (Wildman–Crippen MR) is 64.0 cm³/mol. The molecule has 0 amide bonds. The van der Waals surface area contributed by atoms with Crippen molar-refractivity contribution >= 4 is 5.82 Å². The third-order valence-electron chi connectivity index (χ3n) is 4.02. The van der Waals surface area contributed by atoms with Gasteiger partial charge in [0.1, 0.15) is 5.82 Å². The molecule has 0 radical (unpaired) electrons. The van der Waals surface area contributed by atoms with Gasteiger partial charge in [0.25, 0.3) is 0 Å². The van der Waals surface area contributed by atoms with Crippen molar-refractivity contribution < 1.29 is 0 Å². The van der Waals surface area contributed by atoms with Gasteiger partial charge in [-0.2, -0.15) is 5.10 Å². The number of nitrogens with two attached hydrogens (primary N) is 1. The van der Waals surface area contributed by atoms with Gasteiger partial charge in [-0.15, -0.1) is 0 Å². The molecule has 2 bridgehead atoms. The van der Waals surface area contributed by atoms with E-state index in [4.69, 9.17) is 5.73 Å². The van der Waals surface area contributed by atoms with Crippen molar-refractivity contribution in [1.82, 2.24) is 14.7 Å². The van der Waals surface area contributed by atoms with Crippen molar-refractivity contribution in [2.24, 2.45) is 5.92 Å². The lowest BCUT2D eigenvalue weighted by atomic mass is 10.1. The largest absolute Gasteiger partial charge is 0.382 e. The Morgan fingerprint density at radius 1 is 1.38 bits per heavy atom. The molecule has 1 saturated carbocycles. The van der Waals surface area contributed by atoms with Crippen LogP contribution in [-0.4, -0.2) is 33.8 Å². The van der Waals surface area contributed by atoms with Gasteiger partial charge < -0.3 is 10.6 Å². The predicted octanol–water partition coefficient (Wildman–Crippen LogP) is 1.34. The molecule has 88 valence electrons. The van der Waals surface area contributed by atoms with E-state index in [1.54, 1.807) is 0 Å². The van der Waals surface area contributed by atoms with E-state index in [1.807, 2.05) is 16.9 Å². The number of anilines is 1. The lowest BCUT2D eigenvalue weighted by Crippen LogP contribution is -2.33. The molecular weight excluding hydrogens is 200 g/mol. The number of hydrogen-bond acceptors (Lipinski definition) is 3. The number of hydrogen-bond donors (Lipinski definition) is 1. The Bertz CT molecular complexity index is 360. The molecular formula is C12H20N4. The van der Waals surface area contributed by atoms with Gasteiger partial charge in [-0.3, -0.25) is 4.68 Å². The van der Waals surface area contributed by atoms with Crippen LogP contribution in [0.15, 0.2) is 12.3 Å². The summed E-state index contributed by atoms with van der Waals surface area (Å²) >= 11 is 0. The number of aromatic nitrogens is 2. The first-order chi connectivity index (χ1) is 7.81. The third kappa shape index (κ3) is 1.94. The Labute approximate surface area is 96.4 Å². The van der Waals surface area contributed by atoms with Crippen LogP contribution in [0.3, 0.4) is 0 Å². The summed E-state index contributed by atoms with van der Waals surface area (Å²) in [7, 11) is 0. The molecule has 2 atom stereocenters. The first-order valence-electron chi connectivity index (χ1n) is 6.34. The van der Waals surface area contributed by atoms with E-state index >= 15 is 0 Å². The Balaban J connectivity index is 1.44. The number of piperidine rings is 1. The zero-order valence-corrected chi connectivity index (χ0v) is 9.68. The summed E-state index contributed by atoms with van der Waals surface area (Å²) in [6.45, 7) is 3.55. The molecule has 2 fully saturated rings. The molecule has 0 spiro atoms. The third-order valence-corrected chi connectivity index (χ3v) is 4.02. The number of aryl methyl sites for hydroxylation is 1. The summed E-state index contributed by atoms with van der Waals surface area (Å²) in [4.78, 5) is 2.67. The van der Waals surface area contributed by atoms with Crippen LogP contribution in [0, 0.1) is 5.92 Å². The van der Waals surface area contributed by atoms with Crippen LogP contribution in [0.1, 0.15) is 25.7 Å². The maximum Gasteiger partial charge on any atom is 0.145 e. The highest BCUT2D eigenvalue weighted by Crippen LogP contribution is 2.37. The van der Waals surface area contributed by atoms with Gasteiger partial charge in [0, 0.05) is 31.9 Å². The summed E-state index contributed by atoms with van der Waals surface area (Å²) in [5.74, 6) is 1.63. The van der Waals surface area contributed by atoms with E-state index in [9.17, 15) is 0 Å². The standard InChI is InChI=1S/C12H20N4/c13-12-4-7-16(14-12)6-1-5-15-9-10-2-3-11(15)8-10/h4,7,10-11H,1-3,5-6,8-9H2,(H2,13,14). The van der Waals surface area contributed by atoms with E-state index in [1.165, 1.54) is 38.8 Å². The molecule has 2 unspecified atom stereocenters. The van der Waals surface area contributed by atoms with Crippen LogP contribution in [0.2, 0.25) is 0 Å². The summed E-state index contributed by atoms with van der Waals surface area (Å²) in [5.41, 5.74) is 5.58. The highest BCUT2D eigenvalue weighted by atomic mass is 15.3. The smallest absolute Gasteiger partial charge is 0.145 e. The number of nitrogen functional groups attached to an aromatic ring is 1. The van der Waals surface area contributed by atoms with Crippen molar-refractivity contribution in [1.29, 1.82) is 0 Å². The van der Waals surface area contributed by atoms with Crippen molar-refractivity contribution in [3.05, 3.63) is 12.3 Å². The van der Waals surface area contributed by atoms with Gasteiger partial charge in [-0.25, -0.2) is 0 Å². The van der Waals surface area contributed by atoms with Gasteiger partial charge in [0.2, 0.25) is 0 Å². The summed E-state index contributed by atoms with van der Waals surface area (Å²) in [6.07, 6.45) is 7.50. The van der Waals surface area contributed by atoms with E-state index in [-0.39, 0.29) is 0 Å². The highest BCUT2D eigenvalue weighted by Gasteiger charge is 2.36. The molecule has 1 aromatic rings. The van der Waals surface area contributed by atoms with Crippen LogP contribution in [0.4, 0.5) is 5.82 Å². The van der Waals surface area contributed by atoms with Gasteiger partial charge in [-0.05, 0) is 37.7 Å². The van der Waals surface area contributed by atoms with Crippen molar-refractivity contribution in [3.8, 4) is 0 Å². The van der Waals surface area contributed by atoms with E-state index in [0.29, 0.717) is 5.82 Å². The fourth-order valence-corrected chi connectivity index (χ4v) is 3.24. The monoisotopic (exact) mass is 220 g/mol. The average molecular weight is 220 g/mol. The lowest BCUT2D eigenvalue weighted by Gasteiger charge is -2.26. The molecule has 1 aromatic heterocycles. The molecule has 1 aliphatic carbocycles. The zero-order valence-electron chi connectivity index (χ0n) is 9.68. The van der Waals surface area contributed by atoms with Gasteiger partial charge >= 0.3 is 0 Å². The van der Waals surface area contributed by atoms with Crippen LogP contribution >= 0.6 is 0 Å². The van der Waals surface area contributed by atoms with Gasteiger partial charge in [-0.1, -0.05) is 0 Å². The molecule has 4 nitrogen and oxygen atoms in total. The second kappa shape index (κ2) is 4.09. The first-order valence-corrected chi connectivity index (χ1v) is 6.34. The molecule has 16 heavy (non-hydrogen) atoms. The molecule has 1 saturated heterocycles. The SMILES string of the molecule is Nc1ccn(CCCN2CC3CCC2C3)n1. The maximum atomic E-state index is 5.58. The molecule has 1 aliphatic heterocycles. The maximum absolute atomic E-state index is 5.58. The van der Waals surface area contributed by atoms with Gasteiger partial charge in [0.05, 0.1) is 0 Å². The Hall–Kier alpha value is -1.03. The van der Waals surface area contributed by atoms with Crippen LogP contribution < -0.4 is 5.73 Å².